The number of hydrogen-bond donors (Lipinski definition) is 1. The molecule has 23 heavy (non-hydrogen) atoms. The number of carbonyl (C=O) groups excluding carboxylic acids is 2. The molecule has 0 aromatic heterocycles. The van der Waals surface area contributed by atoms with Crippen molar-refractivity contribution in [1.29, 1.82) is 0 Å². The second-order valence-electron chi connectivity index (χ2n) is 5.31. The Morgan fingerprint density at radius 3 is 2.48 bits per heavy atom. The Morgan fingerprint density at radius 2 is 1.87 bits per heavy atom. The van der Waals surface area contributed by atoms with Gasteiger partial charge in [-0.2, -0.15) is 0 Å². The molecule has 1 saturated heterocycles. The van der Waals surface area contributed by atoms with Gasteiger partial charge in [-0.25, -0.2) is 8.78 Å². The van der Waals surface area contributed by atoms with E-state index in [1.807, 2.05) is 0 Å². The van der Waals surface area contributed by atoms with Gasteiger partial charge in [0.2, 0.25) is 11.8 Å². The van der Waals surface area contributed by atoms with Crippen molar-refractivity contribution < 1.29 is 18.4 Å². The van der Waals surface area contributed by atoms with Gasteiger partial charge in [0.1, 0.15) is 0 Å². The number of hydrogen-bond acceptors (Lipinski definition) is 3. The van der Waals surface area contributed by atoms with Crippen LogP contribution in [0.4, 0.5) is 8.78 Å². The van der Waals surface area contributed by atoms with E-state index in [4.69, 9.17) is 0 Å². The Kier molecular flexibility index (Phi) is 7.38. The Labute approximate surface area is 140 Å². The fourth-order valence-corrected chi connectivity index (χ4v) is 2.26. The van der Waals surface area contributed by atoms with E-state index in [-0.39, 0.29) is 37.2 Å². The average molecular weight is 348 g/mol. The van der Waals surface area contributed by atoms with E-state index in [9.17, 15) is 18.4 Å². The lowest BCUT2D eigenvalue weighted by Gasteiger charge is -2.29. The normalized spacial score (nSPS) is 14.1. The van der Waals surface area contributed by atoms with Gasteiger partial charge in [0.15, 0.2) is 11.6 Å². The Morgan fingerprint density at radius 1 is 1.22 bits per heavy atom. The van der Waals surface area contributed by atoms with Gasteiger partial charge in [0.25, 0.3) is 0 Å². The first-order valence-electron chi connectivity index (χ1n) is 7.14. The van der Waals surface area contributed by atoms with Crippen molar-refractivity contribution in [1.82, 2.24) is 15.1 Å². The van der Waals surface area contributed by atoms with Crippen LogP contribution in [0.25, 0.3) is 0 Å². The summed E-state index contributed by atoms with van der Waals surface area (Å²) in [6.07, 6.45) is -0.0669. The van der Waals surface area contributed by atoms with Crippen molar-refractivity contribution in [3.05, 3.63) is 35.4 Å². The zero-order valence-corrected chi connectivity index (χ0v) is 13.7. The molecule has 0 atom stereocenters. The van der Waals surface area contributed by atoms with Crippen LogP contribution in [0.5, 0.6) is 0 Å². The minimum atomic E-state index is -0.982. The Balaban J connectivity index is 0.00000264. The van der Waals surface area contributed by atoms with E-state index in [0.29, 0.717) is 18.7 Å². The van der Waals surface area contributed by atoms with Gasteiger partial charge >= 0.3 is 0 Å². The van der Waals surface area contributed by atoms with E-state index in [1.54, 1.807) is 4.90 Å². The number of nitrogens with zero attached hydrogens (tertiary/aromatic N) is 2. The lowest BCUT2D eigenvalue weighted by atomic mass is 10.1. The maximum absolute atomic E-state index is 13.1. The van der Waals surface area contributed by atoms with Gasteiger partial charge in [0, 0.05) is 33.2 Å². The molecule has 0 bridgehead atoms. The number of piperazine rings is 1. The number of likely N-dealkylation sites (N-methyl/N-ethyl adjacent to an activating group) is 1. The maximum Gasteiger partial charge on any atom is 0.242 e. The number of nitrogens with one attached hydrogen (secondary N) is 1. The molecule has 0 saturated carbocycles. The first-order valence-corrected chi connectivity index (χ1v) is 7.14. The van der Waals surface area contributed by atoms with Crippen molar-refractivity contribution in [2.45, 2.75) is 6.42 Å². The predicted molar refractivity (Wildman–Crippen MR) is 84.4 cm³/mol. The van der Waals surface area contributed by atoms with E-state index < -0.39 is 11.6 Å². The first kappa shape index (κ1) is 19.3. The number of amides is 2. The molecule has 0 aliphatic carbocycles. The molecule has 1 aromatic carbocycles. The molecular formula is C15H20ClF2N3O2. The molecule has 5 nitrogen and oxygen atoms in total. The third-order valence-corrected chi connectivity index (χ3v) is 3.61. The van der Waals surface area contributed by atoms with E-state index >= 15 is 0 Å². The summed E-state index contributed by atoms with van der Waals surface area (Å²) in [5, 5.41) is 3.15. The zero-order chi connectivity index (χ0) is 16.1. The highest BCUT2D eigenvalue weighted by Crippen LogP contribution is 2.10. The predicted octanol–water partition coefficient (Wildman–Crippen LogP) is 0.819. The molecule has 1 heterocycles. The molecule has 2 rings (SSSR count). The van der Waals surface area contributed by atoms with Gasteiger partial charge in [0.05, 0.1) is 13.0 Å². The molecule has 0 radical (unpaired) electrons. The van der Waals surface area contributed by atoms with Crippen molar-refractivity contribution in [3.63, 3.8) is 0 Å². The smallest absolute Gasteiger partial charge is 0.242 e. The molecule has 0 spiro atoms. The lowest BCUT2D eigenvalue weighted by Crippen LogP contribution is -2.49. The highest BCUT2D eigenvalue weighted by molar-refractivity contribution is 5.86. The summed E-state index contributed by atoms with van der Waals surface area (Å²) in [7, 11) is 1.53. The van der Waals surface area contributed by atoms with Crippen LogP contribution in [0.2, 0.25) is 0 Å². The maximum atomic E-state index is 13.1. The van der Waals surface area contributed by atoms with Crippen LogP contribution in [-0.4, -0.2) is 61.4 Å². The highest BCUT2D eigenvalue weighted by atomic mass is 35.5. The lowest BCUT2D eigenvalue weighted by molar-refractivity contribution is -0.139. The fraction of sp³-hybridized carbons (Fsp3) is 0.467. The minimum absolute atomic E-state index is 0. The molecule has 1 fully saturated rings. The summed E-state index contributed by atoms with van der Waals surface area (Å²) in [5.74, 6) is -2.35. The standard InChI is InChI=1S/C15H19F2N3O2.ClH/c1-19(10-15(22)20-6-4-18-5-7-20)14(21)9-11-2-3-12(16)13(17)8-11;/h2-3,8,18H,4-7,9-10H2,1H3;1H. The van der Waals surface area contributed by atoms with Crippen LogP contribution >= 0.6 is 12.4 Å². The summed E-state index contributed by atoms with van der Waals surface area (Å²) in [6, 6.07) is 3.35. The molecular weight excluding hydrogens is 328 g/mol. The number of carbonyl (C=O) groups is 2. The van der Waals surface area contributed by atoms with Crippen LogP contribution in [0.1, 0.15) is 5.56 Å². The average Bonchev–Trinajstić information content (AvgIpc) is 2.51. The van der Waals surface area contributed by atoms with Gasteiger partial charge in [-0.1, -0.05) is 6.07 Å². The van der Waals surface area contributed by atoms with Crippen molar-refractivity contribution in [2.75, 3.05) is 39.8 Å². The number of benzene rings is 1. The van der Waals surface area contributed by atoms with Crippen LogP contribution in [-0.2, 0) is 16.0 Å². The zero-order valence-electron chi connectivity index (χ0n) is 12.8. The highest BCUT2D eigenvalue weighted by Gasteiger charge is 2.20. The molecule has 1 aliphatic heterocycles. The SMILES string of the molecule is CN(CC(=O)N1CCNCC1)C(=O)Cc1ccc(F)c(F)c1.Cl. The van der Waals surface area contributed by atoms with Crippen LogP contribution in [0.15, 0.2) is 18.2 Å². The molecule has 1 N–H and O–H groups in total. The second-order valence-corrected chi connectivity index (χ2v) is 5.31. The summed E-state index contributed by atoms with van der Waals surface area (Å²) in [4.78, 5) is 27.1. The third kappa shape index (κ3) is 5.44. The van der Waals surface area contributed by atoms with Gasteiger partial charge in [-0.3, -0.25) is 9.59 Å². The molecule has 1 aromatic rings. The number of halogens is 3. The molecule has 128 valence electrons. The first-order chi connectivity index (χ1) is 10.5. The molecule has 0 unspecified atom stereocenters. The third-order valence-electron chi connectivity index (χ3n) is 3.61. The molecule has 8 heteroatoms. The van der Waals surface area contributed by atoms with Gasteiger partial charge in [-0.15, -0.1) is 12.4 Å². The fourth-order valence-electron chi connectivity index (χ4n) is 2.26. The van der Waals surface area contributed by atoms with Crippen LogP contribution in [0, 0.1) is 11.6 Å². The van der Waals surface area contributed by atoms with Crippen molar-refractivity contribution in [2.24, 2.45) is 0 Å². The van der Waals surface area contributed by atoms with E-state index in [0.717, 1.165) is 25.2 Å². The van der Waals surface area contributed by atoms with E-state index in [1.165, 1.54) is 18.0 Å². The summed E-state index contributed by atoms with van der Waals surface area (Å²) in [6.45, 7) is 2.74. The summed E-state index contributed by atoms with van der Waals surface area (Å²) in [5.41, 5.74) is 0.380. The van der Waals surface area contributed by atoms with Gasteiger partial charge in [-0.05, 0) is 17.7 Å². The largest absolute Gasteiger partial charge is 0.339 e. The summed E-state index contributed by atoms with van der Waals surface area (Å²) >= 11 is 0. The quantitative estimate of drug-likeness (QED) is 0.877. The molecule has 2 amide bonds. The summed E-state index contributed by atoms with van der Waals surface area (Å²) < 4.78 is 26.0. The van der Waals surface area contributed by atoms with Crippen molar-refractivity contribution in [3.8, 4) is 0 Å². The molecule has 1 aliphatic rings. The monoisotopic (exact) mass is 347 g/mol. The Hall–Kier alpha value is -1.73. The Bertz CT molecular complexity index is 566. The van der Waals surface area contributed by atoms with Crippen molar-refractivity contribution >= 4 is 24.2 Å². The van der Waals surface area contributed by atoms with Crippen LogP contribution < -0.4 is 5.32 Å². The van der Waals surface area contributed by atoms with Gasteiger partial charge < -0.3 is 15.1 Å². The minimum Gasteiger partial charge on any atom is -0.339 e. The van der Waals surface area contributed by atoms with E-state index in [2.05, 4.69) is 5.32 Å². The van der Waals surface area contributed by atoms with Crippen LogP contribution in [0.3, 0.4) is 0 Å². The second kappa shape index (κ2) is 8.79. The topological polar surface area (TPSA) is 52.7 Å². The number of rotatable bonds is 4.